The molecule has 0 aromatic carbocycles. The largest absolute Gasteiger partial charge is 0.354 e. The van der Waals surface area contributed by atoms with E-state index in [4.69, 9.17) is 0 Å². The molecule has 0 aliphatic carbocycles. The van der Waals surface area contributed by atoms with Crippen LogP contribution in [-0.2, 0) is 13.6 Å². The number of rotatable bonds is 3. The van der Waals surface area contributed by atoms with E-state index in [0.29, 0.717) is 0 Å². The lowest BCUT2D eigenvalue weighted by Crippen LogP contribution is -2.46. The van der Waals surface area contributed by atoms with E-state index in [1.54, 1.807) is 6.33 Å². The second-order valence-corrected chi connectivity index (χ2v) is 6.03. The number of aromatic nitrogens is 4. The number of aryl methyl sites for hydroxylation is 2. The highest BCUT2D eigenvalue weighted by atomic mass is 15.3. The van der Waals surface area contributed by atoms with Crippen LogP contribution in [0.4, 0.5) is 5.82 Å². The molecule has 0 radical (unpaired) electrons. The van der Waals surface area contributed by atoms with Crippen molar-refractivity contribution in [1.82, 2.24) is 24.4 Å². The van der Waals surface area contributed by atoms with Gasteiger partial charge in [-0.3, -0.25) is 4.90 Å². The van der Waals surface area contributed by atoms with Crippen LogP contribution in [0.5, 0.6) is 0 Å². The maximum absolute atomic E-state index is 4.47. The summed E-state index contributed by atoms with van der Waals surface area (Å²) in [7, 11) is 2.08. The molecular formula is C16H24N6. The molecule has 1 aliphatic heterocycles. The minimum absolute atomic E-state index is 0.965. The van der Waals surface area contributed by atoms with E-state index in [-0.39, 0.29) is 0 Å². The smallest absolute Gasteiger partial charge is 0.135 e. The van der Waals surface area contributed by atoms with Crippen molar-refractivity contribution in [3.63, 3.8) is 0 Å². The van der Waals surface area contributed by atoms with Gasteiger partial charge in [0.1, 0.15) is 18.0 Å². The van der Waals surface area contributed by atoms with Crippen molar-refractivity contribution in [2.45, 2.75) is 27.3 Å². The quantitative estimate of drug-likeness (QED) is 0.859. The maximum atomic E-state index is 4.47. The first-order valence-electron chi connectivity index (χ1n) is 7.79. The first-order chi connectivity index (χ1) is 10.6. The summed E-state index contributed by atoms with van der Waals surface area (Å²) < 4.78 is 2.17. The highest BCUT2D eigenvalue weighted by molar-refractivity contribution is 5.47. The predicted molar refractivity (Wildman–Crippen MR) is 86.9 cm³/mol. The Balaban J connectivity index is 1.63. The number of anilines is 1. The SMILES string of the molecule is Cc1ncnc(N2CCN(Cc3cnc(C)n3C)CC2)c1C. The van der Waals surface area contributed by atoms with Gasteiger partial charge < -0.3 is 9.47 Å². The van der Waals surface area contributed by atoms with Crippen LogP contribution < -0.4 is 4.90 Å². The molecular weight excluding hydrogens is 276 g/mol. The summed E-state index contributed by atoms with van der Waals surface area (Å²) >= 11 is 0. The molecule has 0 bridgehead atoms. The van der Waals surface area contributed by atoms with Gasteiger partial charge in [-0.05, 0) is 20.8 Å². The van der Waals surface area contributed by atoms with Crippen LogP contribution in [0.3, 0.4) is 0 Å². The molecule has 2 aromatic heterocycles. The van der Waals surface area contributed by atoms with Gasteiger partial charge in [-0.25, -0.2) is 15.0 Å². The summed E-state index contributed by atoms with van der Waals surface area (Å²) in [5.74, 6) is 2.16. The first-order valence-corrected chi connectivity index (χ1v) is 7.79. The lowest BCUT2D eigenvalue weighted by atomic mass is 10.2. The monoisotopic (exact) mass is 300 g/mol. The van der Waals surface area contributed by atoms with Gasteiger partial charge in [-0.1, -0.05) is 0 Å². The first kappa shape index (κ1) is 15.0. The molecule has 6 nitrogen and oxygen atoms in total. The minimum atomic E-state index is 0.965. The van der Waals surface area contributed by atoms with Crippen LogP contribution in [0.15, 0.2) is 12.5 Å². The van der Waals surface area contributed by atoms with Crippen LogP contribution in [0, 0.1) is 20.8 Å². The number of hydrogen-bond donors (Lipinski definition) is 0. The summed E-state index contributed by atoms with van der Waals surface area (Å²) in [6, 6.07) is 0. The summed E-state index contributed by atoms with van der Waals surface area (Å²) in [4.78, 5) is 18.0. The van der Waals surface area contributed by atoms with Crippen LogP contribution in [-0.4, -0.2) is 50.6 Å². The van der Waals surface area contributed by atoms with Crippen molar-refractivity contribution in [1.29, 1.82) is 0 Å². The zero-order chi connectivity index (χ0) is 15.7. The van der Waals surface area contributed by atoms with Crippen molar-refractivity contribution < 1.29 is 0 Å². The van der Waals surface area contributed by atoms with E-state index in [0.717, 1.165) is 50.1 Å². The fraction of sp³-hybridized carbons (Fsp3) is 0.562. The average molecular weight is 300 g/mol. The Labute approximate surface area is 131 Å². The van der Waals surface area contributed by atoms with Crippen LogP contribution in [0.1, 0.15) is 22.8 Å². The molecule has 0 amide bonds. The van der Waals surface area contributed by atoms with Gasteiger partial charge in [0.15, 0.2) is 0 Å². The minimum Gasteiger partial charge on any atom is -0.354 e. The molecule has 0 saturated carbocycles. The number of imidazole rings is 1. The Morgan fingerprint density at radius 1 is 1.00 bits per heavy atom. The van der Waals surface area contributed by atoms with Crippen LogP contribution in [0.2, 0.25) is 0 Å². The second-order valence-electron chi connectivity index (χ2n) is 6.03. The van der Waals surface area contributed by atoms with Gasteiger partial charge in [0.2, 0.25) is 0 Å². The van der Waals surface area contributed by atoms with Crippen molar-refractivity contribution in [3.8, 4) is 0 Å². The van der Waals surface area contributed by atoms with Crippen molar-refractivity contribution in [2.75, 3.05) is 31.1 Å². The van der Waals surface area contributed by atoms with Gasteiger partial charge in [0.25, 0.3) is 0 Å². The Hall–Kier alpha value is -1.95. The highest BCUT2D eigenvalue weighted by Gasteiger charge is 2.20. The predicted octanol–water partition coefficient (Wildman–Crippen LogP) is 1.46. The number of piperazine rings is 1. The van der Waals surface area contributed by atoms with Crippen molar-refractivity contribution >= 4 is 5.82 Å². The van der Waals surface area contributed by atoms with Crippen LogP contribution in [0.25, 0.3) is 0 Å². The lowest BCUT2D eigenvalue weighted by molar-refractivity contribution is 0.244. The summed E-state index contributed by atoms with van der Waals surface area (Å²) in [6.07, 6.45) is 3.65. The normalized spacial score (nSPS) is 16.3. The van der Waals surface area contributed by atoms with Gasteiger partial charge >= 0.3 is 0 Å². The Bertz CT molecular complexity index is 655. The molecule has 1 aliphatic rings. The fourth-order valence-electron chi connectivity index (χ4n) is 2.89. The molecule has 6 heteroatoms. The van der Waals surface area contributed by atoms with Crippen molar-refractivity contribution in [3.05, 3.63) is 35.3 Å². The van der Waals surface area contributed by atoms with Gasteiger partial charge in [0, 0.05) is 57.2 Å². The van der Waals surface area contributed by atoms with E-state index in [1.165, 1.54) is 11.3 Å². The van der Waals surface area contributed by atoms with Crippen LogP contribution >= 0.6 is 0 Å². The van der Waals surface area contributed by atoms with Gasteiger partial charge in [0.05, 0.1) is 5.69 Å². The molecule has 1 fully saturated rings. The van der Waals surface area contributed by atoms with E-state index < -0.39 is 0 Å². The van der Waals surface area contributed by atoms with Crippen molar-refractivity contribution in [2.24, 2.45) is 7.05 Å². The molecule has 0 spiro atoms. The fourth-order valence-corrected chi connectivity index (χ4v) is 2.89. The molecule has 22 heavy (non-hydrogen) atoms. The number of hydrogen-bond acceptors (Lipinski definition) is 5. The lowest BCUT2D eigenvalue weighted by Gasteiger charge is -2.36. The molecule has 2 aromatic rings. The van der Waals surface area contributed by atoms with E-state index in [9.17, 15) is 0 Å². The third-order valence-electron chi connectivity index (χ3n) is 4.68. The summed E-state index contributed by atoms with van der Waals surface area (Å²) in [5, 5.41) is 0. The molecule has 0 unspecified atom stereocenters. The third-order valence-corrected chi connectivity index (χ3v) is 4.68. The second kappa shape index (κ2) is 6.04. The summed E-state index contributed by atoms with van der Waals surface area (Å²) in [5.41, 5.74) is 3.54. The zero-order valence-corrected chi connectivity index (χ0v) is 13.9. The van der Waals surface area contributed by atoms with E-state index >= 15 is 0 Å². The molecule has 1 saturated heterocycles. The van der Waals surface area contributed by atoms with Gasteiger partial charge in [-0.2, -0.15) is 0 Å². The standard InChI is InChI=1S/C16H24N6/c1-12-13(2)18-11-19-16(12)22-7-5-21(6-8-22)10-15-9-17-14(3)20(15)4/h9,11H,5-8,10H2,1-4H3. The Kier molecular flexibility index (Phi) is 4.11. The van der Waals surface area contributed by atoms with E-state index in [2.05, 4.69) is 43.3 Å². The molecule has 0 N–H and O–H groups in total. The third kappa shape index (κ3) is 2.83. The molecule has 3 rings (SSSR count). The zero-order valence-electron chi connectivity index (χ0n) is 13.9. The number of nitrogens with zero attached hydrogens (tertiary/aromatic N) is 6. The summed E-state index contributed by atoms with van der Waals surface area (Å²) in [6.45, 7) is 11.3. The molecule has 0 atom stereocenters. The highest BCUT2D eigenvalue weighted by Crippen LogP contribution is 2.20. The molecule has 3 heterocycles. The average Bonchev–Trinajstić information content (AvgIpc) is 2.83. The molecule has 118 valence electrons. The Morgan fingerprint density at radius 3 is 2.36 bits per heavy atom. The topological polar surface area (TPSA) is 50.1 Å². The van der Waals surface area contributed by atoms with E-state index in [1.807, 2.05) is 20.0 Å². The van der Waals surface area contributed by atoms with Gasteiger partial charge in [-0.15, -0.1) is 0 Å². The Morgan fingerprint density at radius 2 is 1.73 bits per heavy atom. The maximum Gasteiger partial charge on any atom is 0.135 e.